The molecule has 1 amide bonds. The Morgan fingerprint density at radius 1 is 1.50 bits per heavy atom. The van der Waals surface area contributed by atoms with Gasteiger partial charge in [-0.05, 0) is 24.6 Å². The smallest absolute Gasteiger partial charge is 0.251 e. The average Bonchev–Trinajstić information content (AvgIpc) is 2.30. The molecular weight excluding hydrogens is 202 g/mol. The van der Waals surface area contributed by atoms with E-state index in [0.717, 1.165) is 11.1 Å². The van der Waals surface area contributed by atoms with Gasteiger partial charge < -0.3 is 10.4 Å². The third kappa shape index (κ3) is 2.85. The third-order valence-corrected chi connectivity index (χ3v) is 2.27. The molecule has 0 aliphatic carbocycles. The molecule has 0 aliphatic heterocycles. The molecule has 0 saturated heterocycles. The van der Waals surface area contributed by atoms with E-state index < -0.39 is 0 Å². The summed E-state index contributed by atoms with van der Waals surface area (Å²) < 4.78 is 0. The Kier molecular flexibility index (Phi) is 4.56. The molecule has 84 valence electrons. The molecule has 0 bridgehead atoms. The Balaban J connectivity index is 3.05. The zero-order valence-corrected chi connectivity index (χ0v) is 9.50. The van der Waals surface area contributed by atoms with Crippen LogP contribution in [0.1, 0.15) is 27.9 Å². The Morgan fingerprint density at radius 2 is 2.25 bits per heavy atom. The second-order valence-electron chi connectivity index (χ2n) is 3.33. The van der Waals surface area contributed by atoms with E-state index >= 15 is 0 Å². The van der Waals surface area contributed by atoms with Crippen molar-refractivity contribution in [2.75, 3.05) is 13.7 Å². The second-order valence-corrected chi connectivity index (χ2v) is 3.33. The van der Waals surface area contributed by atoms with E-state index in [9.17, 15) is 4.79 Å². The highest BCUT2D eigenvalue weighted by molar-refractivity contribution is 5.95. The Hall–Kier alpha value is -1.79. The summed E-state index contributed by atoms with van der Waals surface area (Å²) in [6.07, 6.45) is 0.448. The van der Waals surface area contributed by atoms with Crippen LogP contribution in [-0.4, -0.2) is 24.7 Å². The summed E-state index contributed by atoms with van der Waals surface area (Å²) in [4.78, 5) is 11.5. The van der Waals surface area contributed by atoms with Crippen LogP contribution in [-0.2, 0) is 0 Å². The quantitative estimate of drug-likeness (QED) is 0.728. The maximum Gasteiger partial charge on any atom is 0.251 e. The van der Waals surface area contributed by atoms with Crippen LogP contribution in [0.25, 0.3) is 0 Å². The van der Waals surface area contributed by atoms with E-state index in [1.165, 1.54) is 0 Å². The fourth-order valence-electron chi connectivity index (χ4n) is 1.37. The molecule has 0 aliphatic rings. The number of carbonyl (C=O) groups excluding carboxylic acids is 1. The molecule has 1 aromatic rings. The van der Waals surface area contributed by atoms with Gasteiger partial charge in [0.05, 0.1) is 6.61 Å². The average molecular weight is 217 g/mol. The number of carbonyl (C=O) groups is 1. The minimum absolute atomic E-state index is 0.0567. The largest absolute Gasteiger partial charge is 0.395 e. The van der Waals surface area contributed by atoms with Crippen molar-refractivity contribution in [1.29, 1.82) is 0 Å². The van der Waals surface area contributed by atoms with Crippen LogP contribution in [0.2, 0.25) is 0 Å². The SMILES string of the molecule is CNC(=O)c1cccc(C#CCCO)c1C. The normalized spacial score (nSPS) is 9.19. The van der Waals surface area contributed by atoms with E-state index in [2.05, 4.69) is 17.2 Å². The zero-order chi connectivity index (χ0) is 12.0. The van der Waals surface area contributed by atoms with Gasteiger partial charge in [0, 0.05) is 24.6 Å². The maximum absolute atomic E-state index is 11.5. The van der Waals surface area contributed by atoms with Gasteiger partial charge >= 0.3 is 0 Å². The minimum Gasteiger partial charge on any atom is -0.395 e. The number of amides is 1. The molecule has 0 aromatic heterocycles. The molecule has 0 spiro atoms. The van der Waals surface area contributed by atoms with Crippen molar-refractivity contribution in [2.45, 2.75) is 13.3 Å². The molecule has 0 heterocycles. The highest BCUT2D eigenvalue weighted by atomic mass is 16.2. The zero-order valence-electron chi connectivity index (χ0n) is 9.50. The molecule has 0 radical (unpaired) electrons. The lowest BCUT2D eigenvalue weighted by Crippen LogP contribution is -2.19. The number of rotatable bonds is 2. The van der Waals surface area contributed by atoms with Gasteiger partial charge in [0.2, 0.25) is 0 Å². The lowest BCUT2D eigenvalue weighted by molar-refractivity contribution is 0.0962. The molecular formula is C13H15NO2. The summed E-state index contributed by atoms with van der Waals surface area (Å²) in [6, 6.07) is 5.44. The first-order chi connectivity index (χ1) is 7.70. The Morgan fingerprint density at radius 3 is 2.88 bits per heavy atom. The van der Waals surface area contributed by atoms with Crippen molar-refractivity contribution in [3.63, 3.8) is 0 Å². The van der Waals surface area contributed by atoms with Crippen molar-refractivity contribution in [3.8, 4) is 11.8 Å². The summed E-state index contributed by atoms with van der Waals surface area (Å²) >= 11 is 0. The van der Waals surface area contributed by atoms with Gasteiger partial charge in [-0.1, -0.05) is 17.9 Å². The first kappa shape index (κ1) is 12.3. The molecule has 16 heavy (non-hydrogen) atoms. The van der Waals surface area contributed by atoms with Crippen LogP contribution in [0.5, 0.6) is 0 Å². The number of hydrogen-bond acceptors (Lipinski definition) is 2. The lowest BCUT2D eigenvalue weighted by Gasteiger charge is -2.05. The van der Waals surface area contributed by atoms with Crippen LogP contribution < -0.4 is 5.32 Å². The molecule has 0 saturated carbocycles. The number of benzene rings is 1. The molecule has 1 aromatic carbocycles. The van der Waals surface area contributed by atoms with Crippen LogP contribution >= 0.6 is 0 Å². The Labute approximate surface area is 95.5 Å². The van der Waals surface area contributed by atoms with E-state index in [4.69, 9.17) is 5.11 Å². The summed E-state index contributed by atoms with van der Waals surface area (Å²) in [5.41, 5.74) is 2.33. The van der Waals surface area contributed by atoms with Crippen molar-refractivity contribution in [2.24, 2.45) is 0 Å². The number of aliphatic hydroxyl groups excluding tert-OH is 1. The fraction of sp³-hybridized carbons (Fsp3) is 0.308. The Bertz CT molecular complexity index is 441. The van der Waals surface area contributed by atoms with Gasteiger partial charge in [-0.15, -0.1) is 0 Å². The molecule has 0 atom stereocenters. The number of nitrogens with one attached hydrogen (secondary N) is 1. The third-order valence-electron chi connectivity index (χ3n) is 2.27. The first-order valence-corrected chi connectivity index (χ1v) is 5.12. The van der Waals surface area contributed by atoms with E-state index in [-0.39, 0.29) is 12.5 Å². The van der Waals surface area contributed by atoms with Gasteiger partial charge in [0.25, 0.3) is 5.91 Å². The molecule has 3 heteroatoms. The molecule has 3 nitrogen and oxygen atoms in total. The first-order valence-electron chi connectivity index (χ1n) is 5.12. The summed E-state index contributed by atoms with van der Waals surface area (Å²) in [6.45, 7) is 1.93. The van der Waals surface area contributed by atoms with Gasteiger partial charge in [-0.2, -0.15) is 0 Å². The standard InChI is InChI=1S/C13H15NO2/c1-10-11(6-3-4-9-15)7-5-8-12(10)13(16)14-2/h5,7-8,15H,4,9H2,1-2H3,(H,14,16). The maximum atomic E-state index is 11.5. The highest BCUT2D eigenvalue weighted by Crippen LogP contribution is 2.12. The van der Waals surface area contributed by atoms with Crippen molar-refractivity contribution >= 4 is 5.91 Å². The summed E-state index contributed by atoms with van der Waals surface area (Å²) in [5.74, 6) is 5.68. The van der Waals surface area contributed by atoms with Crippen molar-refractivity contribution in [1.82, 2.24) is 5.32 Å². The predicted octanol–water partition coefficient (Wildman–Crippen LogP) is 1.09. The van der Waals surface area contributed by atoms with Gasteiger partial charge in [0.1, 0.15) is 0 Å². The fourth-order valence-corrected chi connectivity index (χ4v) is 1.37. The van der Waals surface area contributed by atoms with Gasteiger partial charge in [0.15, 0.2) is 0 Å². The topological polar surface area (TPSA) is 49.3 Å². The van der Waals surface area contributed by atoms with E-state index in [1.54, 1.807) is 19.2 Å². The molecule has 2 N–H and O–H groups in total. The van der Waals surface area contributed by atoms with Crippen LogP contribution in [0.3, 0.4) is 0 Å². The lowest BCUT2D eigenvalue weighted by atomic mass is 10.0. The predicted molar refractivity (Wildman–Crippen MR) is 63.2 cm³/mol. The molecule has 1 rings (SSSR count). The monoisotopic (exact) mass is 217 g/mol. The van der Waals surface area contributed by atoms with Crippen molar-refractivity contribution in [3.05, 3.63) is 34.9 Å². The molecule has 0 fully saturated rings. The summed E-state index contributed by atoms with van der Waals surface area (Å²) in [5, 5.41) is 11.2. The number of aliphatic hydroxyl groups is 1. The van der Waals surface area contributed by atoms with Gasteiger partial charge in [-0.3, -0.25) is 4.79 Å². The summed E-state index contributed by atoms with van der Waals surface area (Å²) in [7, 11) is 1.60. The van der Waals surface area contributed by atoms with E-state index in [0.29, 0.717) is 12.0 Å². The highest BCUT2D eigenvalue weighted by Gasteiger charge is 2.08. The van der Waals surface area contributed by atoms with Gasteiger partial charge in [-0.25, -0.2) is 0 Å². The van der Waals surface area contributed by atoms with Crippen LogP contribution in [0.15, 0.2) is 18.2 Å². The number of hydrogen-bond donors (Lipinski definition) is 2. The van der Waals surface area contributed by atoms with Crippen molar-refractivity contribution < 1.29 is 9.90 Å². The molecule has 0 unspecified atom stereocenters. The van der Waals surface area contributed by atoms with Crippen LogP contribution in [0, 0.1) is 18.8 Å². The minimum atomic E-state index is -0.108. The second kappa shape index (κ2) is 5.94. The van der Waals surface area contributed by atoms with E-state index in [1.807, 2.05) is 13.0 Å². The van der Waals surface area contributed by atoms with Crippen LogP contribution in [0.4, 0.5) is 0 Å².